The quantitative estimate of drug-likeness (QED) is 0.801. The van der Waals surface area contributed by atoms with Crippen molar-refractivity contribution in [3.8, 4) is 0 Å². The summed E-state index contributed by atoms with van der Waals surface area (Å²) in [5.41, 5.74) is 2.54. The van der Waals surface area contributed by atoms with Crippen molar-refractivity contribution in [2.45, 2.75) is 59.1 Å². The molecule has 2 atom stereocenters. The lowest BCUT2D eigenvalue weighted by Crippen LogP contribution is -2.29. The first-order chi connectivity index (χ1) is 9.70. The van der Waals surface area contributed by atoms with Crippen molar-refractivity contribution in [2.24, 2.45) is 11.8 Å². The number of hydrogen-bond donors (Lipinski definition) is 1. The fourth-order valence-electron chi connectivity index (χ4n) is 3.18. The Morgan fingerprint density at radius 2 is 2.05 bits per heavy atom. The monoisotopic (exact) mass is 275 g/mol. The van der Waals surface area contributed by atoms with E-state index in [0.29, 0.717) is 12.6 Å². The topological polar surface area (TPSA) is 21.3 Å². The van der Waals surface area contributed by atoms with E-state index >= 15 is 0 Å². The van der Waals surface area contributed by atoms with Crippen molar-refractivity contribution in [2.75, 3.05) is 11.9 Å². The second-order valence-electron chi connectivity index (χ2n) is 6.31. The van der Waals surface area contributed by atoms with E-state index in [1.54, 1.807) is 0 Å². The minimum Gasteiger partial charge on any atom is -0.382 e. The molecule has 2 heteroatoms. The number of ether oxygens (including phenoxy) is 1. The van der Waals surface area contributed by atoms with Crippen molar-refractivity contribution >= 4 is 5.69 Å². The number of hydrogen-bond acceptors (Lipinski definition) is 2. The fraction of sp³-hybridized carbons (Fsp3) is 0.667. The van der Waals surface area contributed by atoms with E-state index in [-0.39, 0.29) is 0 Å². The number of rotatable bonds is 6. The molecular weight excluding hydrogens is 246 g/mol. The standard InChI is InChI=1S/C18H29NO/c1-4-20-13-16-8-5-6-11-18(16)19-17-10-7-9-15(12-17)14(2)3/h5-6,8,11,14-15,17,19H,4,7,9-10,12-13H2,1-3H3. The van der Waals surface area contributed by atoms with Crippen molar-refractivity contribution < 1.29 is 4.74 Å². The first-order valence-corrected chi connectivity index (χ1v) is 8.13. The zero-order valence-electron chi connectivity index (χ0n) is 13.2. The Bertz CT molecular complexity index is 402. The van der Waals surface area contributed by atoms with Crippen LogP contribution in [0.4, 0.5) is 5.69 Å². The molecule has 1 saturated carbocycles. The van der Waals surface area contributed by atoms with Gasteiger partial charge in [-0.3, -0.25) is 0 Å². The minimum atomic E-state index is 0.624. The van der Waals surface area contributed by atoms with Crippen LogP contribution in [-0.4, -0.2) is 12.6 Å². The van der Waals surface area contributed by atoms with E-state index < -0.39 is 0 Å². The predicted molar refractivity (Wildman–Crippen MR) is 86.0 cm³/mol. The molecule has 0 spiro atoms. The van der Waals surface area contributed by atoms with Gasteiger partial charge in [0.1, 0.15) is 0 Å². The highest BCUT2D eigenvalue weighted by Gasteiger charge is 2.24. The summed E-state index contributed by atoms with van der Waals surface area (Å²) in [5, 5.41) is 3.76. The van der Waals surface area contributed by atoms with Gasteiger partial charge < -0.3 is 10.1 Å². The number of benzene rings is 1. The van der Waals surface area contributed by atoms with Crippen LogP contribution in [0.25, 0.3) is 0 Å². The molecule has 1 aliphatic rings. The van der Waals surface area contributed by atoms with Crippen LogP contribution in [0.15, 0.2) is 24.3 Å². The van der Waals surface area contributed by atoms with E-state index in [4.69, 9.17) is 4.74 Å². The highest BCUT2D eigenvalue weighted by Crippen LogP contribution is 2.32. The highest BCUT2D eigenvalue weighted by molar-refractivity contribution is 5.51. The highest BCUT2D eigenvalue weighted by atomic mass is 16.5. The van der Waals surface area contributed by atoms with E-state index in [1.165, 1.54) is 36.9 Å². The molecule has 2 unspecified atom stereocenters. The van der Waals surface area contributed by atoms with Crippen LogP contribution in [0.1, 0.15) is 52.0 Å². The zero-order chi connectivity index (χ0) is 14.4. The Labute approximate surface area is 123 Å². The third-order valence-electron chi connectivity index (χ3n) is 4.50. The SMILES string of the molecule is CCOCc1ccccc1NC1CCCC(C(C)C)C1. The number of anilines is 1. The summed E-state index contributed by atoms with van der Waals surface area (Å²) in [4.78, 5) is 0. The van der Waals surface area contributed by atoms with Gasteiger partial charge in [0.2, 0.25) is 0 Å². The largest absolute Gasteiger partial charge is 0.382 e. The first kappa shape index (κ1) is 15.4. The van der Waals surface area contributed by atoms with E-state index in [2.05, 4.69) is 43.4 Å². The van der Waals surface area contributed by atoms with Gasteiger partial charge in [0.05, 0.1) is 6.61 Å². The third kappa shape index (κ3) is 4.24. The van der Waals surface area contributed by atoms with E-state index in [0.717, 1.165) is 18.4 Å². The lowest BCUT2D eigenvalue weighted by molar-refractivity contribution is 0.134. The molecule has 1 aromatic carbocycles. The minimum absolute atomic E-state index is 0.624. The summed E-state index contributed by atoms with van der Waals surface area (Å²) < 4.78 is 5.57. The van der Waals surface area contributed by atoms with Gasteiger partial charge in [-0.05, 0) is 37.7 Å². The summed E-state index contributed by atoms with van der Waals surface area (Å²) in [6.07, 6.45) is 5.36. The average Bonchev–Trinajstić information content (AvgIpc) is 2.46. The molecule has 0 aliphatic heterocycles. The second-order valence-corrected chi connectivity index (χ2v) is 6.31. The molecule has 0 bridgehead atoms. The third-order valence-corrected chi connectivity index (χ3v) is 4.50. The Hall–Kier alpha value is -1.02. The second kappa shape index (κ2) is 7.68. The van der Waals surface area contributed by atoms with Crippen LogP contribution in [0.2, 0.25) is 0 Å². The zero-order valence-corrected chi connectivity index (χ0v) is 13.2. The molecular formula is C18H29NO. The number of para-hydroxylation sites is 1. The molecule has 0 radical (unpaired) electrons. The van der Waals surface area contributed by atoms with Crippen molar-refractivity contribution in [3.05, 3.63) is 29.8 Å². The Kier molecular flexibility index (Phi) is 5.90. The molecule has 1 N–H and O–H groups in total. The maximum absolute atomic E-state index is 5.57. The van der Waals surface area contributed by atoms with Gasteiger partial charge in [0.15, 0.2) is 0 Å². The summed E-state index contributed by atoms with van der Waals surface area (Å²) in [7, 11) is 0. The normalized spacial score (nSPS) is 23.0. The van der Waals surface area contributed by atoms with Gasteiger partial charge in [-0.2, -0.15) is 0 Å². The van der Waals surface area contributed by atoms with Crippen molar-refractivity contribution in [3.63, 3.8) is 0 Å². The van der Waals surface area contributed by atoms with Crippen LogP contribution < -0.4 is 5.32 Å². The molecule has 112 valence electrons. The summed E-state index contributed by atoms with van der Waals surface area (Å²) in [5.74, 6) is 1.68. The molecule has 0 amide bonds. The Morgan fingerprint density at radius 3 is 2.80 bits per heavy atom. The molecule has 0 heterocycles. The van der Waals surface area contributed by atoms with Gasteiger partial charge >= 0.3 is 0 Å². The lowest BCUT2D eigenvalue weighted by Gasteiger charge is -2.33. The van der Waals surface area contributed by atoms with Crippen LogP contribution in [0, 0.1) is 11.8 Å². The molecule has 1 aromatic rings. The summed E-state index contributed by atoms with van der Waals surface area (Å²) in [6.45, 7) is 8.24. The van der Waals surface area contributed by atoms with Crippen LogP contribution in [-0.2, 0) is 11.3 Å². The van der Waals surface area contributed by atoms with Gasteiger partial charge in [0.25, 0.3) is 0 Å². The number of nitrogens with one attached hydrogen (secondary N) is 1. The van der Waals surface area contributed by atoms with Gasteiger partial charge in [-0.15, -0.1) is 0 Å². The van der Waals surface area contributed by atoms with E-state index in [1.807, 2.05) is 6.92 Å². The van der Waals surface area contributed by atoms with Crippen LogP contribution in [0.5, 0.6) is 0 Å². The van der Waals surface area contributed by atoms with Gasteiger partial charge in [-0.25, -0.2) is 0 Å². The van der Waals surface area contributed by atoms with Crippen LogP contribution >= 0.6 is 0 Å². The van der Waals surface area contributed by atoms with E-state index in [9.17, 15) is 0 Å². The molecule has 20 heavy (non-hydrogen) atoms. The van der Waals surface area contributed by atoms with Crippen LogP contribution in [0.3, 0.4) is 0 Å². The lowest BCUT2D eigenvalue weighted by atomic mass is 9.79. The van der Waals surface area contributed by atoms with Gasteiger partial charge in [0, 0.05) is 23.9 Å². The molecule has 0 aromatic heterocycles. The smallest absolute Gasteiger partial charge is 0.0736 e. The molecule has 2 rings (SSSR count). The molecule has 2 nitrogen and oxygen atoms in total. The summed E-state index contributed by atoms with van der Waals surface area (Å²) >= 11 is 0. The van der Waals surface area contributed by atoms with Gasteiger partial charge in [-0.1, -0.05) is 44.9 Å². The molecule has 1 aliphatic carbocycles. The fourth-order valence-corrected chi connectivity index (χ4v) is 3.18. The molecule has 0 saturated heterocycles. The maximum atomic E-state index is 5.57. The summed E-state index contributed by atoms with van der Waals surface area (Å²) in [6, 6.07) is 9.19. The average molecular weight is 275 g/mol. The van der Waals surface area contributed by atoms with Crippen molar-refractivity contribution in [1.29, 1.82) is 0 Å². The maximum Gasteiger partial charge on any atom is 0.0736 e. The Balaban J connectivity index is 1.98. The Morgan fingerprint density at radius 1 is 1.25 bits per heavy atom. The molecule has 1 fully saturated rings. The first-order valence-electron chi connectivity index (χ1n) is 8.13. The predicted octanol–water partition coefficient (Wildman–Crippen LogP) is 4.85. The van der Waals surface area contributed by atoms with Crippen molar-refractivity contribution in [1.82, 2.24) is 0 Å².